The van der Waals surface area contributed by atoms with E-state index >= 15 is 0 Å². The summed E-state index contributed by atoms with van der Waals surface area (Å²) in [7, 11) is 0. The lowest BCUT2D eigenvalue weighted by molar-refractivity contribution is -0.127. The van der Waals surface area contributed by atoms with Crippen LogP contribution >= 0.6 is 11.3 Å². The number of hydrogen-bond acceptors (Lipinski definition) is 6. The van der Waals surface area contributed by atoms with E-state index in [0.717, 1.165) is 10.6 Å². The van der Waals surface area contributed by atoms with Gasteiger partial charge in [-0.1, -0.05) is 18.2 Å². The first-order valence-electron chi connectivity index (χ1n) is 9.40. The number of hydrogen-bond donors (Lipinski definition) is 0. The maximum Gasteiger partial charge on any atom is 0.272 e. The normalized spacial score (nSPS) is 16.9. The van der Waals surface area contributed by atoms with Crippen molar-refractivity contribution in [2.75, 3.05) is 24.7 Å². The summed E-state index contributed by atoms with van der Waals surface area (Å²) < 4.78 is 23.0. The molecule has 7 heteroatoms. The number of benzene rings is 2. The highest BCUT2D eigenvalue weighted by atomic mass is 32.1. The molecule has 3 heterocycles. The van der Waals surface area contributed by atoms with Gasteiger partial charge in [-0.2, -0.15) is 0 Å². The van der Waals surface area contributed by atoms with Gasteiger partial charge in [-0.05, 0) is 35.7 Å². The van der Waals surface area contributed by atoms with E-state index in [1.165, 1.54) is 0 Å². The number of thiophene rings is 1. The topological polar surface area (TPSA) is 57.2 Å². The van der Waals surface area contributed by atoms with Gasteiger partial charge in [0.15, 0.2) is 23.0 Å². The molecule has 0 aliphatic carbocycles. The van der Waals surface area contributed by atoms with Crippen molar-refractivity contribution >= 4 is 22.9 Å². The first-order chi connectivity index (χ1) is 14.3. The van der Waals surface area contributed by atoms with Gasteiger partial charge in [-0.15, -0.1) is 11.3 Å². The van der Waals surface area contributed by atoms with E-state index in [0.29, 0.717) is 42.8 Å². The third-order valence-corrected chi connectivity index (χ3v) is 5.64. The van der Waals surface area contributed by atoms with Gasteiger partial charge < -0.3 is 23.8 Å². The molecule has 1 atom stereocenters. The summed E-state index contributed by atoms with van der Waals surface area (Å²) in [5.74, 6) is 2.40. The van der Waals surface area contributed by atoms with Crippen LogP contribution in [0.3, 0.4) is 0 Å². The van der Waals surface area contributed by atoms with Crippen LogP contribution in [0, 0.1) is 0 Å². The first-order valence-corrected chi connectivity index (χ1v) is 10.3. The highest BCUT2D eigenvalue weighted by molar-refractivity contribution is 7.09. The van der Waals surface area contributed by atoms with Crippen molar-refractivity contribution in [2.24, 2.45) is 0 Å². The van der Waals surface area contributed by atoms with Crippen molar-refractivity contribution in [3.63, 3.8) is 0 Å². The predicted octanol–water partition coefficient (Wildman–Crippen LogP) is 3.89. The highest BCUT2D eigenvalue weighted by Gasteiger charge is 2.32. The SMILES string of the molecule is O=C([C@@H]1COc2ccccc2O1)N(Cc1cccs1)c1ccc2c(c1)OCCO2. The Morgan fingerprint density at radius 3 is 2.55 bits per heavy atom. The second-order valence-corrected chi connectivity index (χ2v) is 7.73. The Morgan fingerprint density at radius 1 is 0.931 bits per heavy atom. The minimum absolute atomic E-state index is 0.162. The molecule has 2 aromatic carbocycles. The van der Waals surface area contributed by atoms with E-state index in [1.54, 1.807) is 16.2 Å². The number of fused-ring (bicyclic) bond motifs is 2. The fourth-order valence-electron chi connectivity index (χ4n) is 3.37. The number of amides is 1. The third-order valence-electron chi connectivity index (χ3n) is 4.78. The summed E-state index contributed by atoms with van der Waals surface area (Å²) in [4.78, 5) is 16.2. The summed E-state index contributed by atoms with van der Waals surface area (Å²) in [6.07, 6.45) is -0.724. The van der Waals surface area contributed by atoms with Crippen LogP contribution < -0.4 is 23.8 Å². The Bertz CT molecular complexity index is 1020. The number of carbonyl (C=O) groups is 1. The molecule has 0 saturated carbocycles. The van der Waals surface area contributed by atoms with E-state index < -0.39 is 6.10 Å². The van der Waals surface area contributed by atoms with Crippen molar-refractivity contribution in [2.45, 2.75) is 12.6 Å². The molecule has 3 aromatic rings. The molecule has 0 bridgehead atoms. The van der Waals surface area contributed by atoms with Gasteiger partial charge in [0.1, 0.15) is 19.8 Å². The summed E-state index contributed by atoms with van der Waals surface area (Å²) in [6.45, 7) is 1.63. The van der Waals surface area contributed by atoms with E-state index in [4.69, 9.17) is 18.9 Å². The fourth-order valence-corrected chi connectivity index (χ4v) is 4.06. The molecule has 29 heavy (non-hydrogen) atoms. The predicted molar refractivity (Wildman–Crippen MR) is 109 cm³/mol. The second-order valence-electron chi connectivity index (χ2n) is 6.70. The smallest absolute Gasteiger partial charge is 0.272 e. The zero-order valence-electron chi connectivity index (χ0n) is 15.6. The number of rotatable bonds is 4. The van der Waals surface area contributed by atoms with Crippen LogP contribution in [0.2, 0.25) is 0 Å². The minimum atomic E-state index is -0.724. The molecule has 1 amide bonds. The van der Waals surface area contributed by atoms with Crippen LogP contribution in [0.5, 0.6) is 23.0 Å². The van der Waals surface area contributed by atoms with E-state index in [-0.39, 0.29) is 12.5 Å². The van der Waals surface area contributed by atoms with Crippen molar-refractivity contribution < 1.29 is 23.7 Å². The Morgan fingerprint density at radius 2 is 1.72 bits per heavy atom. The molecule has 0 radical (unpaired) electrons. The molecule has 2 aliphatic rings. The molecule has 0 fully saturated rings. The van der Waals surface area contributed by atoms with Crippen LogP contribution in [0.4, 0.5) is 5.69 Å². The second kappa shape index (κ2) is 7.67. The van der Waals surface area contributed by atoms with Crippen molar-refractivity contribution in [1.82, 2.24) is 0 Å². The molecular formula is C22H19NO5S. The zero-order chi connectivity index (χ0) is 19.6. The molecule has 0 saturated heterocycles. The number of carbonyl (C=O) groups excluding carboxylic acids is 1. The van der Waals surface area contributed by atoms with Gasteiger partial charge >= 0.3 is 0 Å². The number of nitrogens with zero attached hydrogens (tertiary/aromatic N) is 1. The molecule has 0 unspecified atom stereocenters. The van der Waals surface area contributed by atoms with Gasteiger partial charge in [-0.25, -0.2) is 0 Å². The van der Waals surface area contributed by atoms with Crippen LogP contribution in [-0.4, -0.2) is 31.8 Å². The lowest BCUT2D eigenvalue weighted by Gasteiger charge is -2.31. The average molecular weight is 409 g/mol. The number of para-hydroxylation sites is 2. The summed E-state index contributed by atoms with van der Waals surface area (Å²) in [5.41, 5.74) is 0.732. The quantitative estimate of drug-likeness (QED) is 0.654. The number of ether oxygens (including phenoxy) is 4. The molecule has 0 N–H and O–H groups in total. The molecule has 1 aromatic heterocycles. The average Bonchev–Trinajstić information content (AvgIpc) is 3.30. The van der Waals surface area contributed by atoms with Crippen LogP contribution in [-0.2, 0) is 11.3 Å². The Kier molecular flexibility index (Phi) is 4.73. The lowest BCUT2D eigenvalue weighted by atomic mass is 10.2. The van der Waals surface area contributed by atoms with Gasteiger partial charge in [0.05, 0.1) is 6.54 Å². The molecule has 6 nitrogen and oxygen atoms in total. The monoisotopic (exact) mass is 409 g/mol. The summed E-state index contributed by atoms with van der Waals surface area (Å²) >= 11 is 1.61. The highest BCUT2D eigenvalue weighted by Crippen LogP contribution is 2.36. The molecule has 148 valence electrons. The van der Waals surface area contributed by atoms with Gasteiger partial charge in [0.25, 0.3) is 5.91 Å². The number of anilines is 1. The first kappa shape index (κ1) is 17.9. The van der Waals surface area contributed by atoms with Crippen molar-refractivity contribution in [1.29, 1.82) is 0 Å². The van der Waals surface area contributed by atoms with E-state index in [2.05, 4.69) is 0 Å². The Balaban J connectivity index is 1.45. The van der Waals surface area contributed by atoms with Gasteiger partial charge in [0, 0.05) is 16.6 Å². The zero-order valence-corrected chi connectivity index (χ0v) is 16.4. The minimum Gasteiger partial charge on any atom is -0.486 e. The van der Waals surface area contributed by atoms with Crippen molar-refractivity contribution in [3.8, 4) is 23.0 Å². The lowest BCUT2D eigenvalue weighted by Crippen LogP contribution is -2.46. The largest absolute Gasteiger partial charge is 0.486 e. The van der Waals surface area contributed by atoms with Crippen molar-refractivity contribution in [3.05, 3.63) is 64.9 Å². The van der Waals surface area contributed by atoms with Gasteiger partial charge in [-0.3, -0.25) is 4.79 Å². The molecule has 0 spiro atoms. The van der Waals surface area contributed by atoms with E-state index in [9.17, 15) is 4.79 Å². The molecule has 5 rings (SSSR count). The molecule has 2 aliphatic heterocycles. The molecular weight excluding hydrogens is 390 g/mol. The van der Waals surface area contributed by atoms with Gasteiger partial charge in [0.2, 0.25) is 6.10 Å². The third kappa shape index (κ3) is 3.61. The van der Waals surface area contributed by atoms with Crippen LogP contribution in [0.25, 0.3) is 0 Å². The summed E-state index contributed by atoms with van der Waals surface area (Å²) in [5, 5.41) is 2.00. The maximum absolute atomic E-state index is 13.5. The fraction of sp³-hybridized carbons (Fsp3) is 0.227. The van der Waals surface area contributed by atoms with E-state index in [1.807, 2.05) is 60.0 Å². The Hall–Kier alpha value is -3.19. The van der Waals surface area contributed by atoms with Crippen LogP contribution in [0.15, 0.2) is 60.0 Å². The maximum atomic E-state index is 13.5. The van der Waals surface area contributed by atoms with Crippen LogP contribution in [0.1, 0.15) is 4.88 Å². The summed E-state index contributed by atoms with van der Waals surface area (Å²) in [6, 6.07) is 16.9. The standard InChI is InChI=1S/C22H19NO5S/c24-22(21-14-27-17-5-1-2-6-19(17)28-21)23(13-16-4-3-11-29-16)15-7-8-18-20(12-15)26-10-9-25-18/h1-8,11-12,21H,9-10,13-14H2/t21-/m0/s1. The Labute approximate surface area is 172 Å².